The van der Waals surface area contributed by atoms with E-state index in [-0.39, 0.29) is 5.91 Å². The molecule has 1 heterocycles. The van der Waals surface area contributed by atoms with Crippen molar-refractivity contribution in [2.75, 3.05) is 0 Å². The summed E-state index contributed by atoms with van der Waals surface area (Å²) in [5, 5.41) is 12.7. The second kappa shape index (κ2) is 5.68. The van der Waals surface area contributed by atoms with Crippen LogP contribution in [0.3, 0.4) is 0 Å². The highest BCUT2D eigenvalue weighted by Gasteiger charge is 2.39. The summed E-state index contributed by atoms with van der Waals surface area (Å²) in [6.45, 7) is 0. The van der Waals surface area contributed by atoms with Crippen molar-refractivity contribution < 1.29 is 9.53 Å². The van der Waals surface area contributed by atoms with Crippen molar-refractivity contribution in [3.8, 4) is 11.8 Å². The van der Waals surface area contributed by atoms with Crippen LogP contribution in [-0.2, 0) is 24.1 Å². The fourth-order valence-corrected chi connectivity index (χ4v) is 3.61. The van der Waals surface area contributed by atoms with Crippen LogP contribution in [0, 0.1) is 11.3 Å². The van der Waals surface area contributed by atoms with E-state index in [1.165, 1.54) is 5.56 Å². The Bertz CT molecular complexity index is 815. The standard InChI is InChI=1S/C20H18N2O2/c21-13-20(10-9-14-5-1-2-7-16(14)12-20)22-19(23)18-11-15-6-3-4-8-17(15)24-18/h1-8,18H,9-12H2,(H,22,23)/t18-,20+/m1/s1. The van der Waals surface area contributed by atoms with Crippen LogP contribution in [0.15, 0.2) is 48.5 Å². The average Bonchev–Trinajstić information content (AvgIpc) is 3.06. The predicted molar refractivity (Wildman–Crippen MR) is 89.5 cm³/mol. The number of hydrogen-bond acceptors (Lipinski definition) is 3. The lowest BCUT2D eigenvalue weighted by Crippen LogP contribution is -2.54. The molecule has 1 aliphatic heterocycles. The molecular formula is C20H18N2O2. The average molecular weight is 318 g/mol. The second-order valence-corrected chi connectivity index (χ2v) is 6.55. The fraction of sp³-hybridized carbons (Fsp3) is 0.300. The van der Waals surface area contributed by atoms with Gasteiger partial charge in [-0.2, -0.15) is 5.26 Å². The third kappa shape index (κ3) is 2.52. The molecule has 120 valence electrons. The van der Waals surface area contributed by atoms with E-state index in [0.29, 0.717) is 19.3 Å². The van der Waals surface area contributed by atoms with E-state index in [4.69, 9.17) is 4.74 Å². The number of benzene rings is 2. The van der Waals surface area contributed by atoms with Crippen molar-refractivity contribution in [2.24, 2.45) is 0 Å². The lowest BCUT2D eigenvalue weighted by Gasteiger charge is -2.33. The smallest absolute Gasteiger partial charge is 0.262 e. The molecular weight excluding hydrogens is 300 g/mol. The Labute approximate surface area is 141 Å². The number of nitrogens with zero attached hydrogens (tertiary/aromatic N) is 1. The first-order chi connectivity index (χ1) is 11.7. The molecule has 1 amide bonds. The minimum atomic E-state index is -0.844. The van der Waals surface area contributed by atoms with E-state index in [0.717, 1.165) is 23.3 Å². The quantitative estimate of drug-likeness (QED) is 0.925. The highest BCUT2D eigenvalue weighted by molar-refractivity contribution is 5.83. The van der Waals surface area contributed by atoms with Crippen LogP contribution in [0.1, 0.15) is 23.1 Å². The van der Waals surface area contributed by atoms with Crippen LogP contribution in [0.2, 0.25) is 0 Å². The Morgan fingerprint density at radius 1 is 1.12 bits per heavy atom. The van der Waals surface area contributed by atoms with Gasteiger partial charge in [-0.05, 0) is 35.6 Å². The Kier molecular flexibility index (Phi) is 3.50. The molecule has 2 aromatic rings. The van der Waals surface area contributed by atoms with Crippen LogP contribution in [0.5, 0.6) is 5.75 Å². The summed E-state index contributed by atoms with van der Waals surface area (Å²) in [4.78, 5) is 12.7. The molecule has 4 rings (SSSR count). The summed E-state index contributed by atoms with van der Waals surface area (Å²) < 4.78 is 5.75. The van der Waals surface area contributed by atoms with Gasteiger partial charge in [0.2, 0.25) is 0 Å². The summed E-state index contributed by atoms with van der Waals surface area (Å²) >= 11 is 0. The molecule has 4 heteroatoms. The van der Waals surface area contributed by atoms with Crippen molar-refractivity contribution in [3.05, 3.63) is 65.2 Å². The van der Waals surface area contributed by atoms with Crippen LogP contribution in [-0.4, -0.2) is 17.6 Å². The second-order valence-electron chi connectivity index (χ2n) is 6.55. The zero-order valence-electron chi connectivity index (χ0n) is 13.3. The molecule has 0 fully saturated rings. The monoisotopic (exact) mass is 318 g/mol. The number of nitrogens with one attached hydrogen (secondary N) is 1. The van der Waals surface area contributed by atoms with E-state index in [1.807, 2.05) is 42.5 Å². The van der Waals surface area contributed by atoms with Gasteiger partial charge in [-0.15, -0.1) is 0 Å². The van der Waals surface area contributed by atoms with Crippen LogP contribution >= 0.6 is 0 Å². The number of para-hydroxylation sites is 1. The molecule has 1 aliphatic carbocycles. The molecule has 0 saturated heterocycles. The van der Waals surface area contributed by atoms with E-state index in [1.54, 1.807) is 0 Å². The predicted octanol–water partition coefficient (Wildman–Crippen LogP) is 2.56. The van der Waals surface area contributed by atoms with Gasteiger partial charge in [0.05, 0.1) is 6.07 Å². The molecule has 2 aliphatic rings. The first-order valence-corrected chi connectivity index (χ1v) is 8.24. The maximum Gasteiger partial charge on any atom is 0.262 e. The summed E-state index contributed by atoms with van der Waals surface area (Å²) in [7, 11) is 0. The van der Waals surface area contributed by atoms with Crippen LogP contribution in [0.4, 0.5) is 0 Å². The Morgan fingerprint density at radius 2 is 1.83 bits per heavy atom. The molecule has 1 N–H and O–H groups in total. The third-order valence-corrected chi connectivity index (χ3v) is 4.95. The molecule has 0 aromatic heterocycles. The van der Waals surface area contributed by atoms with E-state index in [2.05, 4.69) is 17.5 Å². The number of aryl methyl sites for hydroxylation is 1. The van der Waals surface area contributed by atoms with Crippen LogP contribution in [0.25, 0.3) is 0 Å². The number of carbonyl (C=O) groups is 1. The van der Waals surface area contributed by atoms with Gasteiger partial charge in [0.25, 0.3) is 5.91 Å². The number of rotatable bonds is 2. The third-order valence-electron chi connectivity index (χ3n) is 4.95. The van der Waals surface area contributed by atoms with Gasteiger partial charge in [-0.3, -0.25) is 4.79 Å². The van der Waals surface area contributed by atoms with Gasteiger partial charge in [0, 0.05) is 12.8 Å². The normalized spacial score (nSPS) is 24.2. The zero-order chi connectivity index (χ0) is 16.6. The van der Waals surface area contributed by atoms with E-state index in [9.17, 15) is 10.1 Å². The maximum atomic E-state index is 12.7. The molecule has 0 unspecified atom stereocenters. The van der Waals surface area contributed by atoms with Gasteiger partial charge in [-0.1, -0.05) is 42.5 Å². The molecule has 0 radical (unpaired) electrons. The van der Waals surface area contributed by atoms with Crippen molar-refractivity contribution in [1.29, 1.82) is 5.26 Å². The highest BCUT2D eigenvalue weighted by Crippen LogP contribution is 2.31. The number of nitriles is 1. The van der Waals surface area contributed by atoms with Gasteiger partial charge < -0.3 is 10.1 Å². The van der Waals surface area contributed by atoms with Crippen LogP contribution < -0.4 is 10.1 Å². The molecule has 0 spiro atoms. The summed E-state index contributed by atoms with van der Waals surface area (Å²) in [6.07, 6.45) is 1.98. The maximum absolute atomic E-state index is 12.7. The van der Waals surface area contributed by atoms with E-state index < -0.39 is 11.6 Å². The lowest BCUT2D eigenvalue weighted by atomic mass is 9.78. The SMILES string of the molecule is N#C[C@]1(NC(=O)[C@H]2Cc3ccccc3O2)CCc2ccccc2C1. The molecule has 0 bridgehead atoms. The van der Waals surface area contributed by atoms with Crippen molar-refractivity contribution in [1.82, 2.24) is 5.32 Å². The van der Waals surface area contributed by atoms with Crippen molar-refractivity contribution in [3.63, 3.8) is 0 Å². The van der Waals surface area contributed by atoms with Gasteiger partial charge >= 0.3 is 0 Å². The number of hydrogen-bond donors (Lipinski definition) is 1. The van der Waals surface area contributed by atoms with Gasteiger partial charge in [-0.25, -0.2) is 0 Å². The molecule has 24 heavy (non-hydrogen) atoms. The van der Waals surface area contributed by atoms with Crippen molar-refractivity contribution in [2.45, 2.75) is 37.3 Å². The fourth-order valence-electron chi connectivity index (χ4n) is 3.61. The van der Waals surface area contributed by atoms with Crippen molar-refractivity contribution >= 4 is 5.91 Å². The zero-order valence-corrected chi connectivity index (χ0v) is 13.3. The molecule has 2 aromatic carbocycles. The summed E-state index contributed by atoms with van der Waals surface area (Å²) in [5.41, 5.74) is 2.60. The summed E-state index contributed by atoms with van der Waals surface area (Å²) in [5.74, 6) is 0.560. The summed E-state index contributed by atoms with van der Waals surface area (Å²) in [6, 6.07) is 18.2. The molecule has 0 saturated carbocycles. The van der Waals surface area contributed by atoms with Gasteiger partial charge in [0.15, 0.2) is 6.10 Å². The Morgan fingerprint density at radius 3 is 2.58 bits per heavy atom. The Hall–Kier alpha value is -2.80. The minimum absolute atomic E-state index is 0.202. The molecule has 2 atom stereocenters. The minimum Gasteiger partial charge on any atom is -0.480 e. The first kappa shape index (κ1) is 14.8. The number of fused-ring (bicyclic) bond motifs is 2. The topological polar surface area (TPSA) is 62.1 Å². The first-order valence-electron chi connectivity index (χ1n) is 8.24. The number of carbonyl (C=O) groups excluding carboxylic acids is 1. The van der Waals surface area contributed by atoms with Gasteiger partial charge in [0.1, 0.15) is 11.3 Å². The highest BCUT2D eigenvalue weighted by atomic mass is 16.5. The lowest BCUT2D eigenvalue weighted by molar-refractivity contribution is -0.128. The van der Waals surface area contributed by atoms with E-state index >= 15 is 0 Å². The largest absolute Gasteiger partial charge is 0.480 e. The number of amides is 1. The number of ether oxygens (including phenoxy) is 1. The molecule has 4 nitrogen and oxygen atoms in total. The Balaban J connectivity index is 1.50.